The number of anilines is 1. The van der Waals surface area contributed by atoms with Crippen LogP contribution >= 0.6 is 11.6 Å². The number of amides is 1. The summed E-state index contributed by atoms with van der Waals surface area (Å²) < 4.78 is 5.62. The van der Waals surface area contributed by atoms with Crippen molar-refractivity contribution in [3.05, 3.63) is 65.8 Å². The lowest BCUT2D eigenvalue weighted by atomic mass is 10.2. The Labute approximate surface area is 139 Å². The maximum absolute atomic E-state index is 12.3. The van der Waals surface area contributed by atoms with E-state index in [1.165, 1.54) is 0 Å². The molecule has 5 heteroatoms. The number of carbonyl (C=O) groups excluding carboxylic acids is 1. The van der Waals surface area contributed by atoms with Crippen molar-refractivity contribution in [1.29, 1.82) is 0 Å². The van der Waals surface area contributed by atoms with Gasteiger partial charge in [0.1, 0.15) is 5.75 Å². The number of carbonyl (C=O) groups is 1. The molecule has 1 N–H and O–H groups in total. The number of ether oxygens (including phenoxy) is 1. The quantitative estimate of drug-likeness (QED) is 0.778. The Morgan fingerprint density at radius 3 is 2.78 bits per heavy atom. The largest absolute Gasteiger partial charge is 0.481 e. The van der Waals surface area contributed by atoms with E-state index < -0.39 is 6.10 Å². The van der Waals surface area contributed by atoms with Gasteiger partial charge in [-0.25, -0.2) is 0 Å². The Morgan fingerprint density at radius 1 is 1.17 bits per heavy atom. The molecular weight excluding hydrogens is 312 g/mol. The van der Waals surface area contributed by atoms with Crippen LogP contribution in [0, 0.1) is 0 Å². The first-order valence-corrected chi connectivity index (χ1v) is 7.58. The van der Waals surface area contributed by atoms with Crippen LogP contribution in [0.4, 0.5) is 5.69 Å². The van der Waals surface area contributed by atoms with Gasteiger partial charge in [0.05, 0.1) is 11.2 Å². The van der Waals surface area contributed by atoms with E-state index >= 15 is 0 Å². The molecule has 0 fully saturated rings. The lowest BCUT2D eigenvalue weighted by Gasteiger charge is -2.15. The molecule has 23 heavy (non-hydrogen) atoms. The van der Waals surface area contributed by atoms with Gasteiger partial charge >= 0.3 is 0 Å². The molecular formula is C18H15ClN2O2. The number of nitrogens with zero attached hydrogens (tertiary/aromatic N) is 1. The summed E-state index contributed by atoms with van der Waals surface area (Å²) in [6.07, 6.45) is 1.04. The number of pyridine rings is 1. The number of fused-ring (bicyclic) bond motifs is 1. The van der Waals surface area contributed by atoms with Gasteiger partial charge in [0.15, 0.2) is 6.10 Å². The summed E-state index contributed by atoms with van der Waals surface area (Å²) in [4.78, 5) is 16.7. The van der Waals surface area contributed by atoms with E-state index in [0.717, 1.165) is 10.9 Å². The van der Waals surface area contributed by atoms with Crippen molar-refractivity contribution in [2.24, 2.45) is 0 Å². The van der Waals surface area contributed by atoms with Gasteiger partial charge in [-0.05, 0) is 37.3 Å². The molecule has 1 atom stereocenters. The topological polar surface area (TPSA) is 51.2 Å². The fourth-order valence-electron chi connectivity index (χ4n) is 2.24. The second-order valence-corrected chi connectivity index (χ2v) is 5.52. The van der Waals surface area contributed by atoms with Gasteiger partial charge in [0, 0.05) is 16.6 Å². The van der Waals surface area contributed by atoms with Gasteiger partial charge in [-0.1, -0.05) is 35.9 Å². The number of halogens is 1. The molecule has 1 aromatic heterocycles. The van der Waals surface area contributed by atoms with E-state index in [-0.39, 0.29) is 5.91 Å². The molecule has 1 amide bonds. The van der Waals surface area contributed by atoms with Gasteiger partial charge in [-0.3, -0.25) is 9.78 Å². The summed E-state index contributed by atoms with van der Waals surface area (Å²) in [6.45, 7) is 1.69. The maximum Gasteiger partial charge on any atom is 0.265 e. The van der Waals surface area contributed by atoms with Crippen LogP contribution in [-0.4, -0.2) is 17.0 Å². The SMILES string of the molecule is CC(Oc1cccc(Cl)c1)C(=O)Nc1cccc2cccnc12. The van der Waals surface area contributed by atoms with Crippen LogP contribution in [0.3, 0.4) is 0 Å². The van der Waals surface area contributed by atoms with E-state index in [2.05, 4.69) is 10.3 Å². The molecule has 3 rings (SSSR count). The lowest BCUT2D eigenvalue weighted by molar-refractivity contribution is -0.122. The van der Waals surface area contributed by atoms with Gasteiger partial charge in [0.25, 0.3) is 5.91 Å². The Morgan fingerprint density at radius 2 is 1.96 bits per heavy atom. The summed E-state index contributed by atoms with van der Waals surface area (Å²) >= 11 is 5.91. The van der Waals surface area contributed by atoms with Crippen LogP contribution in [0.5, 0.6) is 5.75 Å². The van der Waals surface area contributed by atoms with Crippen molar-refractivity contribution < 1.29 is 9.53 Å². The molecule has 0 aliphatic carbocycles. The first-order chi connectivity index (χ1) is 11.1. The lowest BCUT2D eigenvalue weighted by Crippen LogP contribution is -2.30. The number of hydrogen-bond donors (Lipinski definition) is 1. The minimum atomic E-state index is -0.660. The van der Waals surface area contributed by atoms with E-state index in [0.29, 0.717) is 16.5 Å². The number of benzene rings is 2. The zero-order valence-corrected chi connectivity index (χ0v) is 13.2. The van der Waals surface area contributed by atoms with Crippen LogP contribution in [0.1, 0.15) is 6.92 Å². The summed E-state index contributed by atoms with van der Waals surface area (Å²) in [5, 5.41) is 4.39. The predicted molar refractivity (Wildman–Crippen MR) is 91.9 cm³/mol. The third-order valence-electron chi connectivity index (χ3n) is 3.37. The van der Waals surface area contributed by atoms with Crippen LogP contribution in [0.2, 0.25) is 5.02 Å². The second-order valence-electron chi connectivity index (χ2n) is 5.09. The molecule has 0 aliphatic rings. The summed E-state index contributed by atoms with van der Waals surface area (Å²) in [5.74, 6) is 0.305. The van der Waals surface area contributed by atoms with Crippen LogP contribution in [0.25, 0.3) is 10.9 Å². The van der Waals surface area contributed by atoms with Gasteiger partial charge in [-0.15, -0.1) is 0 Å². The highest BCUT2D eigenvalue weighted by Crippen LogP contribution is 2.22. The van der Waals surface area contributed by atoms with Crippen molar-refractivity contribution in [3.63, 3.8) is 0 Å². The summed E-state index contributed by atoms with van der Waals surface area (Å²) in [5.41, 5.74) is 1.41. The molecule has 3 aromatic rings. The molecule has 0 bridgehead atoms. The van der Waals surface area contributed by atoms with Gasteiger partial charge in [0.2, 0.25) is 0 Å². The van der Waals surface area contributed by atoms with Crippen LogP contribution in [0.15, 0.2) is 60.8 Å². The monoisotopic (exact) mass is 326 g/mol. The minimum absolute atomic E-state index is 0.247. The van der Waals surface area contributed by atoms with Crippen LogP contribution < -0.4 is 10.1 Å². The maximum atomic E-state index is 12.3. The Hall–Kier alpha value is -2.59. The molecule has 1 heterocycles. The second kappa shape index (κ2) is 6.67. The third kappa shape index (κ3) is 3.60. The average molecular weight is 327 g/mol. The van der Waals surface area contributed by atoms with Crippen molar-refractivity contribution in [2.75, 3.05) is 5.32 Å². The van der Waals surface area contributed by atoms with Crippen molar-refractivity contribution in [2.45, 2.75) is 13.0 Å². The number of nitrogens with one attached hydrogen (secondary N) is 1. The number of aromatic nitrogens is 1. The highest BCUT2D eigenvalue weighted by molar-refractivity contribution is 6.30. The number of hydrogen-bond acceptors (Lipinski definition) is 3. The highest BCUT2D eigenvalue weighted by atomic mass is 35.5. The molecule has 0 radical (unpaired) electrons. The first kappa shape index (κ1) is 15.3. The molecule has 4 nitrogen and oxygen atoms in total. The van der Waals surface area contributed by atoms with Crippen molar-refractivity contribution >= 4 is 34.1 Å². The standard InChI is InChI=1S/C18H15ClN2O2/c1-12(23-15-8-3-7-14(19)11-15)18(22)21-16-9-2-5-13-6-4-10-20-17(13)16/h2-12H,1H3,(H,21,22). The van der Waals surface area contributed by atoms with E-state index in [4.69, 9.17) is 16.3 Å². The Kier molecular flexibility index (Phi) is 4.44. The van der Waals surface area contributed by atoms with Crippen molar-refractivity contribution in [1.82, 2.24) is 4.98 Å². The van der Waals surface area contributed by atoms with E-state index in [9.17, 15) is 4.79 Å². The highest BCUT2D eigenvalue weighted by Gasteiger charge is 2.16. The average Bonchev–Trinajstić information content (AvgIpc) is 2.55. The van der Waals surface area contributed by atoms with Crippen LogP contribution in [-0.2, 0) is 4.79 Å². The minimum Gasteiger partial charge on any atom is -0.481 e. The molecule has 0 saturated carbocycles. The Balaban J connectivity index is 1.75. The smallest absolute Gasteiger partial charge is 0.265 e. The molecule has 0 saturated heterocycles. The molecule has 0 spiro atoms. The molecule has 1 unspecified atom stereocenters. The summed E-state index contributed by atoms with van der Waals surface area (Å²) in [6, 6.07) is 16.4. The summed E-state index contributed by atoms with van der Waals surface area (Å²) in [7, 11) is 0. The van der Waals surface area contributed by atoms with E-state index in [1.54, 1.807) is 37.4 Å². The number of rotatable bonds is 4. The van der Waals surface area contributed by atoms with Crippen molar-refractivity contribution in [3.8, 4) is 5.75 Å². The fourth-order valence-corrected chi connectivity index (χ4v) is 2.42. The molecule has 0 aliphatic heterocycles. The molecule has 2 aromatic carbocycles. The normalized spacial score (nSPS) is 11.9. The zero-order valence-electron chi connectivity index (χ0n) is 12.5. The predicted octanol–water partition coefficient (Wildman–Crippen LogP) is 4.29. The van der Waals surface area contributed by atoms with E-state index in [1.807, 2.05) is 30.3 Å². The number of para-hydroxylation sites is 1. The molecule has 116 valence electrons. The van der Waals surface area contributed by atoms with Gasteiger partial charge in [-0.2, -0.15) is 0 Å². The first-order valence-electron chi connectivity index (χ1n) is 7.20. The fraction of sp³-hybridized carbons (Fsp3) is 0.111. The van der Waals surface area contributed by atoms with Gasteiger partial charge < -0.3 is 10.1 Å². The Bertz CT molecular complexity index is 846. The zero-order chi connectivity index (χ0) is 16.2. The third-order valence-corrected chi connectivity index (χ3v) is 3.60.